The first-order valence-electron chi connectivity index (χ1n) is 6.47. The van der Waals surface area contributed by atoms with E-state index in [2.05, 4.69) is 27.8 Å². The lowest BCUT2D eigenvalue weighted by Gasteiger charge is -2.23. The van der Waals surface area contributed by atoms with Crippen LogP contribution >= 0.6 is 11.8 Å². The number of hydrogen-bond donors (Lipinski definition) is 2. The number of hydrogen-bond acceptors (Lipinski definition) is 6. The Kier molecular flexibility index (Phi) is 6.59. The highest BCUT2D eigenvalue weighted by atomic mass is 32.2. The molecule has 0 aliphatic rings. The molecule has 0 aliphatic heterocycles. The molecular weight excluding hydrogens is 250 g/mol. The van der Waals surface area contributed by atoms with Crippen molar-refractivity contribution >= 4 is 11.8 Å². The van der Waals surface area contributed by atoms with Crippen molar-refractivity contribution in [2.24, 2.45) is 0 Å². The summed E-state index contributed by atoms with van der Waals surface area (Å²) < 4.78 is 1.78. The van der Waals surface area contributed by atoms with Gasteiger partial charge in [-0.3, -0.25) is 0 Å². The van der Waals surface area contributed by atoms with Gasteiger partial charge in [0, 0.05) is 12.3 Å². The van der Waals surface area contributed by atoms with Crippen LogP contribution < -0.4 is 5.32 Å². The Hall–Kier alpha value is -0.660. The molecule has 0 fully saturated rings. The summed E-state index contributed by atoms with van der Waals surface area (Å²) in [5.41, 5.74) is -0.622. The lowest BCUT2D eigenvalue weighted by molar-refractivity contribution is 0.0571. The van der Waals surface area contributed by atoms with Gasteiger partial charge < -0.3 is 10.4 Å². The Morgan fingerprint density at radius 1 is 1.33 bits per heavy atom. The van der Waals surface area contributed by atoms with Crippen molar-refractivity contribution in [3.63, 3.8) is 0 Å². The summed E-state index contributed by atoms with van der Waals surface area (Å²) in [6, 6.07) is 0. The molecular formula is C11H23N5OS. The molecule has 0 radical (unpaired) electrons. The summed E-state index contributed by atoms with van der Waals surface area (Å²) in [4.78, 5) is 0. The number of aliphatic hydroxyl groups is 1. The summed E-state index contributed by atoms with van der Waals surface area (Å²) >= 11 is 1.52. The minimum absolute atomic E-state index is 0.622. The SMILES string of the molecule is CCNCCn1nnnc1SCC(O)(CC)CC. The van der Waals surface area contributed by atoms with Crippen LogP contribution in [0.15, 0.2) is 5.16 Å². The van der Waals surface area contributed by atoms with Gasteiger partial charge in [-0.1, -0.05) is 32.5 Å². The van der Waals surface area contributed by atoms with Crippen molar-refractivity contribution in [3.8, 4) is 0 Å². The maximum Gasteiger partial charge on any atom is 0.209 e. The van der Waals surface area contributed by atoms with Gasteiger partial charge in [0.1, 0.15) is 0 Å². The summed E-state index contributed by atoms with van der Waals surface area (Å²) in [5, 5.41) is 25.9. The van der Waals surface area contributed by atoms with Crippen molar-refractivity contribution in [1.29, 1.82) is 0 Å². The normalized spacial score (nSPS) is 12.0. The number of aromatic nitrogens is 4. The van der Waals surface area contributed by atoms with E-state index in [-0.39, 0.29) is 0 Å². The molecule has 0 atom stereocenters. The van der Waals surface area contributed by atoms with Gasteiger partial charge in [0.05, 0.1) is 12.1 Å². The third kappa shape index (κ3) is 4.55. The van der Waals surface area contributed by atoms with Crippen LogP contribution in [0.3, 0.4) is 0 Å². The number of rotatable bonds is 9. The first-order chi connectivity index (χ1) is 8.65. The highest BCUT2D eigenvalue weighted by molar-refractivity contribution is 7.99. The molecule has 0 aliphatic carbocycles. The molecule has 18 heavy (non-hydrogen) atoms. The third-order valence-corrected chi connectivity index (χ3v) is 4.27. The molecule has 0 saturated heterocycles. The van der Waals surface area contributed by atoms with E-state index in [4.69, 9.17) is 0 Å². The van der Waals surface area contributed by atoms with Gasteiger partial charge in [-0.05, 0) is 29.8 Å². The van der Waals surface area contributed by atoms with Gasteiger partial charge in [0.2, 0.25) is 5.16 Å². The molecule has 6 nitrogen and oxygen atoms in total. The molecule has 1 aromatic rings. The standard InChI is InChI=1S/C11H23N5OS/c1-4-11(17,5-2)9-18-10-13-14-15-16(10)8-7-12-6-3/h12,17H,4-9H2,1-3H3. The van der Waals surface area contributed by atoms with Crippen LogP contribution in [0.2, 0.25) is 0 Å². The number of tetrazole rings is 1. The minimum Gasteiger partial charge on any atom is -0.389 e. The Labute approximate surface area is 113 Å². The van der Waals surface area contributed by atoms with Crippen LogP contribution in [0, 0.1) is 0 Å². The van der Waals surface area contributed by atoms with E-state index in [0.29, 0.717) is 5.75 Å². The maximum atomic E-state index is 10.2. The molecule has 1 rings (SSSR count). The van der Waals surface area contributed by atoms with Gasteiger partial charge in [-0.2, -0.15) is 0 Å². The lowest BCUT2D eigenvalue weighted by atomic mass is 10.0. The van der Waals surface area contributed by atoms with E-state index in [0.717, 1.165) is 37.6 Å². The van der Waals surface area contributed by atoms with Gasteiger partial charge in [-0.15, -0.1) is 5.10 Å². The van der Waals surface area contributed by atoms with Crippen molar-refractivity contribution in [2.45, 2.75) is 50.9 Å². The topological polar surface area (TPSA) is 75.9 Å². The summed E-state index contributed by atoms with van der Waals surface area (Å²) in [7, 11) is 0. The van der Waals surface area contributed by atoms with E-state index in [1.165, 1.54) is 11.8 Å². The molecule has 0 bridgehead atoms. The quantitative estimate of drug-likeness (QED) is 0.515. The molecule has 0 aromatic carbocycles. The molecule has 2 N–H and O–H groups in total. The van der Waals surface area contributed by atoms with Crippen molar-refractivity contribution in [2.75, 3.05) is 18.8 Å². The highest BCUT2D eigenvalue weighted by Gasteiger charge is 2.23. The van der Waals surface area contributed by atoms with E-state index < -0.39 is 5.60 Å². The predicted octanol–water partition coefficient (Wildman–Crippen LogP) is 0.926. The Morgan fingerprint density at radius 3 is 2.67 bits per heavy atom. The summed E-state index contributed by atoms with van der Waals surface area (Å²) in [6.45, 7) is 8.60. The first kappa shape index (κ1) is 15.4. The van der Waals surface area contributed by atoms with Crippen LogP contribution in [-0.4, -0.2) is 49.8 Å². The smallest absolute Gasteiger partial charge is 0.209 e. The fourth-order valence-corrected chi connectivity index (χ4v) is 2.63. The molecule has 0 saturated carbocycles. The van der Waals surface area contributed by atoms with Crippen LogP contribution in [0.25, 0.3) is 0 Å². The average Bonchev–Trinajstić information content (AvgIpc) is 2.84. The molecule has 0 amide bonds. The fraction of sp³-hybridized carbons (Fsp3) is 0.909. The average molecular weight is 273 g/mol. The molecule has 0 spiro atoms. The second-order valence-electron chi connectivity index (χ2n) is 4.26. The number of thioether (sulfide) groups is 1. The number of nitrogens with zero attached hydrogens (tertiary/aromatic N) is 4. The van der Waals surface area contributed by atoms with E-state index in [1.807, 2.05) is 13.8 Å². The van der Waals surface area contributed by atoms with E-state index >= 15 is 0 Å². The highest BCUT2D eigenvalue weighted by Crippen LogP contribution is 2.24. The zero-order chi connectivity index (χ0) is 13.4. The van der Waals surface area contributed by atoms with Crippen LogP contribution in [0.4, 0.5) is 0 Å². The van der Waals surface area contributed by atoms with Gasteiger partial charge in [0.15, 0.2) is 0 Å². The van der Waals surface area contributed by atoms with Crippen LogP contribution in [-0.2, 0) is 6.54 Å². The molecule has 7 heteroatoms. The first-order valence-corrected chi connectivity index (χ1v) is 7.45. The second kappa shape index (κ2) is 7.70. The van der Waals surface area contributed by atoms with Crippen LogP contribution in [0.1, 0.15) is 33.6 Å². The molecule has 0 unspecified atom stereocenters. The van der Waals surface area contributed by atoms with Crippen molar-refractivity contribution in [1.82, 2.24) is 25.5 Å². The maximum absolute atomic E-state index is 10.2. The zero-order valence-electron chi connectivity index (χ0n) is 11.4. The van der Waals surface area contributed by atoms with E-state index in [1.54, 1.807) is 4.68 Å². The number of likely N-dealkylation sites (N-methyl/N-ethyl adjacent to an activating group) is 1. The predicted molar refractivity (Wildman–Crippen MR) is 72.6 cm³/mol. The monoisotopic (exact) mass is 273 g/mol. The Balaban J connectivity index is 2.49. The van der Waals surface area contributed by atoms with E-state index in [9.17, 15) is 5.11 Å². The molecule has 104 valence electrons. The Bertz CT molecular complexity index is 340. The molecule has 1 aromatic heterocycles. The van der Waals surface area contributed by atoms with Crippen molar-refractivity contribution in [3.05, 3.63) is 0 Å². The second-order valence-corrected chi connectivity index (χ2v) is 5.20. The minimum atomic E-state index is -0.622. The molecule has 1 heterocycles. The summed E-state index contributed by atoms with van der Waals surface area (Å²) in [5.74, 6) is 0.627. The van der Waals surface area contributed by atoms with Gasteiger partial charge in [-0.25, -0.2) is 4.68 Å². The van der Waals surface area contributed by atoms with Gasteiger partial charge in [0.25, 0.3) is 0 Å². The largest absolute Gasteiger partial charge is 0.389 e. The Morgan fingerprint density at radius 2 is 2.06 bits per heavy atom. The van der Waals surface area contributed by atoms with Crippen LogP contribution in [0.5, 0.6) is 0 Å². The van der Waals surface area contributed by atoms with Crippen molar-refractivity contribution < 1.29 is 5.11 Å². The summed E-state index contributed by atoms with van der Waals surface area (Å²) in [6.07, 6.45) is 1.49. The lowest BCUT2D eigenvalue weighted by Crippen LogP contribution is -2.30. The zero-order valence-corrected chi connectivity index (χ0v) is 12.2. The number of nitrogens with one attached hydrogen (secondary N) is 1. The third-order valence-electron chi connectivity index (χ3n) is 3.04. The fourth-order valence-electron chi connectivity index (χ4n) is 1.45. The van der Waals surface area contributed by atoms with Gasteiger partial charge >= 0.3 is 0 Å².